The van der Waals surface area contributed by atoms with Gasteiger partial charge in [0.15, 0.2) is 5.82 Å². The van der Waals surface area contributed by atoms with Crippen molar-refractivity contribution in [2.45, 2.75) is 72.9 Å². The number of methoxy groups -OCH3 is 1. The maximum absolute atomic E-state index is 14.0. The molecule has 0 saturated heterocycles. The van der Waals surface area contributed by atoms with E-state index in [1.807, 2.05) is 68.8 Å². The quantitative estimate of drug-likeness (QED) is 0.110. The number of thiophene rings is 1. The van der Waals surface area contributed by atoms with Crippen LogP contribution in [0.5, 0.6) is 5.88 Å². The third kappa shape index (κ3) is 7.95. The molecule has 7 rings (SSSR count). The molecule has 0 radical (unpaired) electrons. The van der Waals surface area contributed by atoms with Gasteiger partial charge in [-0.15, -0.1) is 21.5 Å². The van der Waals surface area contributed by atoms with E-state index in [2.05, 4.69) is 53.1 Å². The van der Waals surface area contributed by atoms with Gasteiger partial charge in [-0.25, -0.2) is 4.79 Å². The van der Waals surface area contributed by atoms with Crippen LogP contribution in [-0.4, -0.2) is 73.7 Å². The number of ether oxygens (including phenoxy) is 1. The largest absolute Gasteiger partial charge is 0.480 e. The number of aliphatic imine (C=N–C) groups is 1. The van der Waals surface area contributed by atoms with E-state index < -0.39 is 17.6 Å². The van der Waals surface area contributed by atoms with Crippen molar-refractivity contribution in [1.82, 2.24) is 30.0 Å². The van der Waals surface area contributed by atoms with Crippen molar-refractivity contribution in [3.63, 3.8) is 0 Å². The summed E-state index contributed by atoms with van der Waals surface area (Å²) in [6.07, 6.45) is 2.19. The number of carbonyl (C=O) groups excluding carboxylic acids is 1. The molecule has 4 aromatic heterocycles. The summed E-state index contributed by atoms with van der Waals surface area (Å²) < 4.78 is 7.78. The molecule has 58 heavy (non-hydrogen) atoms. The van der Waals surface area contributed by atoms with Gasteiger partial charge in [-0.2, -0.15) is 4.98 Å². The number of nitrogens with zero attached hydrogens (tertiary/aromatic N) is 6. The molecule has 1 amide bonds. The molecule has 2 aromatic carbocycles. The van der Waals surface area contributed by atoms with Gasteiger partial charge in [0, 0.05) is 68.4 Å². The number of rotatable bonds is 12. The van der Waals surface area contributed by atoms with E-state index >= 15 is 0 Å². The van der Waals surface area contributed by atoms with Gasteiger partial charge in [0.1, 0.15) is 22.7 Å². The average Bonchev–Trinajstić information content (AvgIpc) is 3.80. The van der Waals surface area contributed by atoms with Crippen molar-refractivity contribution in [3.8, 4) is 22.0 Å². The zero-order chi connectivity index (χ0) is 41.8. The van der Waals surface area contributed by atoms with Crippen LogP contribution < -0.4 is 15.0 Å². The summed E-state index contributed by atoms with van der Waals surface area (Å²) in [5, 5.41) is 24.6. The van der Waals surface area contributed by atoms with Gasteiger partial charge in [-0.3, -0.25) is 14.4 Å². The Balaban J connectivity index is 1.08. The molecule has 5 heterocycles. The van der Waals surface area contributed by atoms with Crippen LogP contribution in [0.25, 0.3) is 27.0 Å². The molecule has 15 heteroatoms. The van der Waals surface area contributed by atoms with Gasteiger partial charge in [-0.05, 0) is 88.4 Å². The van der Waals surface area contributed by atoms with Crippen LogP contribution in [0.3, 0.4) is 0 Å². The zero-order valence-corrected chi connectivity index (χ0v) is 36.2. The van der Waals surface area contributed by atoms with Gasteiger partial charge >= 0.3 is 5.97 Å². The first-order valence-electron chi connectivity index (χ1n) is 18.8. The van der Waals surface area contributed by atoms with Crippen LogP contribution in [-0.2, 0) is 4.79 Å². The first-order chi connectivity index (χ1) is 27.4. The number of aromatic amines is 1. The molecule has 1 aliphatic rings. The highest BCUT2D eigenvalue weighted by Crippen LogP contribution is 2.41. The van der Waals surface area contributed by atoms with Gasteiger partial charge in [-0.1, -0.05) is 49.2 Å². The fourth-order valence-corrected chi connectivity index (χ4v) is 9.89. The molecule has 6 aromatic rings. The number of anilines is 1. The van der Waals surface area contributed by atoms with Gasteiger partial charge < -0.3 is 25.0 Å². The number of carbonyl (C=O) groups is 2. The first-order valence-corrected chi connectivity index (χ1v) is 20.4. The molecule has 0 spiro atoms. The molecular weight excluding hydrogens is 795 g/mol. The van der Waals surface area contributed by atoms with Crippen LogP contribution in [0.2, 0.25) is 10.0 Å². The SMILES string of the molecule is COc1nc(N(C)CC(C)(C)CC(C)(C)NC(=O)C[C@@H]2N=C(c3ccc(Cl)cc3)c3c(sc(C)c3C)-n3c(C)nnc32)ccc1-c1cc2c(C(=O)O)c[nH]c2cc1Cl. The normalized spacial score (nSPS) is 14.1. The first kappa shape index (κ1) is 40.9. The Hall–Kier alpha value is -5.24. The van der Waals surface area contributed by atoms with Crippen LogP contribution in [0.4, 0.5) is 5.82 Å². The number of amides is 1. The maximum Gasteiger partial charge on any atom is 0.337 e. The Bertz CT molecular complexity index is 2610. The molecule has 302 valence electrons. The summed E-state index contributed by atoms with van der Waals surface area (Å²) in [5.74, 6) is 1.23. The number of pyridine rings is 1. The Labute approximate surface area is 351 Å². The summed E-state index contributed by atoms with van der Waals surface area (Å²) in [5.41, 5.74) is 5.03. The predicted octanol–water partition coefficient (Wildman–Crippen LogP) is 9.54. The second-order valence-corrected chi connectivity index (χ2v) is 18.4. The third-order valence-electron chi connectivity index (χ3n) is 10.5. The lowest BCUT2D eigenvalue weighted by molar-refractivity contribution is -0.123. The topological polar surface area (TPSA) is 151 Å². The number of carboxylic acids is 1. The minimum Gasteiger partial charge on any atom is -0.480 e. The van der Waals surface area contributed by atoms with Crippen LogP contribution in [0, 0.1) is 26.2 Å². The van der Waals surface area contributed by atoms with Gasteiger partial charge in [0.05, 0.1) is 29.8 Å². The Kier molecular flexibility index (Phi) is 10.9. The number of fused-ring (bicyclic) bond motifs is 4. The number of nitrogens with one attached hydrogen (secondary N) is 2. The second-order valence-electron chi connectivity index (χ2n) is 16.3. The predicted molar refractivity (Wildman–Crippen MR) is 232 cm³/mol. The van der Waals surface area contributed by atoms with Crippen LogP contribution >= 0.6 is 34.5 Å². The van der Waals surface area contributed by atoms with Crippen molar-refractivity contribution < 1.29 is 19.4 Å². The second kappa shape index (κ2) is 15.5. The van der Waals surface area contributed by atoms with E-state index in [4.69, 9.17) is 37.9 Å². The van der Waals surface area contributed by atoms with Crippen molar-refractivity contribution in [3.05, 3.63) is 104 Å². The van der Waals surface area contributed by atoms with Crippen molar-refractivity contribution >= 4 is 68.8 Å². The molecule has 1 aliphatic heterocycles. The number of aromatic nitrogens is 5. The fourth-order valence-electron chi connectivity index (χ4n) is 8.29. The molecular formula is C43H46Cl2N8O4S. The highest BCUT2D eigenvalue weighted by atomic mass is 35.5. The summed E-state index contributed by atoms with van der Waals surface area (Å²) in [6, 6.07) is 14.3. The Morgan fingerprint density at radius 1 is 1.03 bits per heavy atom. The highest BCUT2D eigenvalue weighted by Gasteiger charge is 2.35. The molecule has 0 aliphatic carbocycles. The van der Waals surface area contributed by atoms with Gasteiger partial charge in [0.25, 0.3) is 0 Å². The van der Waals surface area contributed by atoms with Crippen LogP contribution in [0.15, 0.2) is 59.7 Å². The van der Waals surface area contributed by atoms with E-state index in [1.54, 1.807) is 30.6 Å². The minimum absolute atomic E-state index is 0.0840. The molecule has 1 atom stereocenters. The number of H-pyrrole nitrogens is 1. The van der Waals surface area contributed by atoms with Crippen molar-refractivity contribution in [1.29, 1.82) is 0 Å². The Morgan fingerprint density at radius 2 is 1.76 bits per heavy atom. The molecule has 3 N–H and O–H groups in total. The number of halogens is 2. The number of hydrogen-bond acceptors (Lipinski definition) is 9. The van der Waals surface area contributed by atoms with Crippen LogP contribution in [0.1, 0.15) is 90.2 Å². The number of hydrogen-bond donors (Lipinski definition) is 3. The minimum atomic E-state index is -1.03. The standard InChI is InChI=1S/C43H46Cl2N8O4S/c1-22-23(2)58-40-36(22)37(25-10-12-26(44)13-11-25)47-33(38-51-50-24(3)53(38)40)18-35(54)49-43(6,7)20-42(4,5)21-52(8)34-15-14-27(39(48-34)57-9)28-16-29-30(41(55)56)19-46-32(29)17-31(28)45/h10-17,19,33,46H,18,20-21H2,1-9H3,(H,49,54)(H,55,56)/t33-/m0/s1. The van der Waals surface area contributed by atoms with E-state index in [0.717, 1.165) is 33.2 Å². The highest BCUT2D eigenvalue weighted by molar-refractivity contribution is 7.15. The van der Waals surface area contributed by atoms with Gasteiger partial charge in [0.2, 0.25) is 11.8 Å². The Morgan fingerprint density at radius 3 is 2.45 bits per heavy atom. The molecule has 0 unspecified atom stereocenters. The molecule has 0 saturated carbocycles. The zero-order valence-electron chi connectivity index (χ0n) is 33.9. The van der Waals surface area contributed by atoms with E-state index in [9.17, 15) is 14.7 Å². The molecule has 12 nitrogen and oxygen atoms in total. The summed E-state index contributed by atoms with van der Waals surface area (Å²) in [6.45, 7) is 15.1. The lowest BCUT2D eigenvalue weighted by Crippen LogP contribution is -2.48. The summed E-state index contributed by atoms with van der Waals surface area (Å²) >= 11 is 14.6. The number of aromatic carboxylic acids is 1. The number of carboxylic acid groups (broad SMARTS) is 1. The summed E-state index contributed by atoms with van der Waals surface area (Å²) in [7, 11) is 3.51. The van der Waals surface area contributed by atoms with Crippen molar-refractivity contribution in [2.75, 3.05) is 25.6 Å². The maximum atomic E-state index is 14.0. The fraction of sp³-hybridized carbons (Fsp3) is 0.349. The van der Waals surface area contributed by atoms with Crippen molar-refractivity contribution in [2.24, 2.45) is 10.4 Å². The molecule has 0 fully saturated rings. The smallest absolute Gasteiger partial charge is 0.337 e. The average molecular weight is 842 g/mol. The summed E-state index contributed by atoms with van der Waals surface area (Å²) in [4.78, 5) is 42.2. The number of benzene rings is 2. The molecule has 0 bridgehead atoms. The number of aryl methyl sites for hydroxylation is 2. The van der Waals surface area contributed by atoms with E-state index in [-0.39, 0.29) is 23.3 Å². The monoisotopic (exact) mass is 840 g/mol. The third-order valence-corrected chi connectivity index (χ3v) is 12.3. The van der Waals surface area contributed by atoms with E-state index in [1.165, 1.54) is 11.1 Å². The lowest BCUT2D eigenvalue weighted by atomic mass is 9.79. The van der Waals surface area contributed by atoms with E-state index in [0.29, 0.717) is 62.6 Å². The lowest BCUT2D eigenvalue weighted by Gasteiger charge is -2.38.